The van der Waals surface area contributed by atoms with E-state index in [2.05, 4.69) is 32.2 Å². The molecule has 0 amide bonds. The van der Waals surface area contributed by atoms with Crippen LogP contribution in [-0.2, 0) is 0 Å². The van der Waals surface area contributed by atoms with Crippen molar-refractivity contribution in [2.45, 2.75) is 40.2 Å². The molecular formula is C17H22FNS. The van der Waals surface area contributed by atoms with Gasteiger partial charge in [-0.05, 0) is 68.6 Å². The number of thiophene rings is 1. The van der Waals surface area contributed by atoms with Crippen LogP contribution in [0.3, 0.4) is 0 Å². The van der Waals surface area contributed by atoms with E-state index in [4.69, 9.17) is 0 Å². The first kappa shape index (κ1) is 15.2. The van der Waals surface area contributed by atoms with E-state index < -0.39 is 0 Å². The van der Waals surface area contributed by atoms with E-state index in [1.165, 1.54) is 20.9 Å². The average molecular weight is 291 g/mol. The van der Waals surface area contributed by atoms with Gasteiger partial charge in [-0.3, -0.25) is 0 Å². The summed E-state index contributed by atoms with van der Waals surface area (Å²) in [6, 6.07) is 7.48. The van der Waals surface area contributed by atoms with Crippen molar-refractivity contribution >= 4 is 11.3 Å². The van der Waals surface area contributed by atoms with Crippen molar-refractivity contribution in [3.8, 4) is 0 Å². The lowest BCUT2D eigenvalue weighted by molar-refractivity contribution is 0.595. The molecule has 0 bridgehead atoms. The van der Waals surface area contributed by atoms with Gasteiger partial charge in [0.1, 0.15) is 5.82 Å². The fourth-order valence-corrected chi connectivity index (χ4v) is 3.50. The van der Waals surface area contributed by atoms with Crippen LogP contribution in [0.15, 0.2) is 24.3 Å². The molecule has 0 radical (unpaired) electrons. The lowest BCUT2D eigenvalue weighted by Crippen LogP contribution is -2.23. The van der Waals surface area contributed by atoms with Crippen molar-refractivity contribution in [3.05, 3.63) is 56.5 Å². The van der Waals surface area contributed by atoms with Crippen molar-refractivity contribution in [1.82, 2.24) is 5.32 Å². The Morgan fingerprint density at radius 2 is 1.90 bits per heavy atom. The fraction of sp³-hybridized carbons (Fsp3) is 0.412. The summed E-state index contributed by atoms with van der Waals surface area (Å²) in [6.07, 6.45) is 1.08. The zero-order valence-electron chi connectivity index (χ0n) is 12.6. The normalized spacial score (nSPS) is 12.7. The summed E-state index contributed by atoms with van der Waals surface area (Å²) in [5.74, 6) is -0.168. The average Bonchev–Trinajstić information content (AvgIpc) is 2.72. The third kappa shape index (κ3) is 3.28. The highest BCUT2D eigenvalue weighted by Gasteiger charge is 2.18. The molecule has 1 nitrogen and oxygen atoms in total. The van der Waals surface area contributed by atoms with Gasteiger partial charge in [0.2, 0.25) is 0 Å². The lowest BCUT2D eigenvalue weighted by Gasteiger charge is -2.20. The second kappa shape index (κ2) is 6.51. The van der Waals surface area contributed by atoms with Crippen LogP contribution in [0.5, 0.6) is 0 Å². The van der Waals surface area contributed by atoms with Crippen molar-refractivity contribution < 1.29 is 4.39 Å². The molecule has 1 atom stereocenters. The zero-order chi connectivity index (χ0) is 14.7. The molecule has 0 saturated heterocycles. The lowest BCUT2D eigenvalue weighted by atomic mass is 9.99. The highest BCUT2D eigenvalue weighted by atomic mass is 32.1. The Labute approximate surface area is 124 Å². The maximum atomic E-state index is 13.3. The Morgan fingerprint density at radius 1 is 1.15 bits per heavy atom. The van der Waals surface area contributed by atoms with Crippen LogP contribution in [0.2, 0.25) is 0 Å². The predicted octanol–water partition coefficient (Wildman–Crippen LogP) is 4.90. The number of aryl methyl sites for hydroxylation is 3. The smallest absolute Gasteiger partial charge is 0.123 e. The molecule has 1 aromatic heterocycles. The molecule has 0 aliphatic rings. The van der Waals surface area contributed by atoms with Gasteiger partial charge in [0.05, 0.1) is 6.04 Å². The number of halogens is 1. The summed E-state index contributed by atoms with van der Waals surface area (Å²) in [7, 11) is 0. The van der Waals surface area contributed by atoms with Gasteiger partial charge in [0.25, 0.3) is 0 Å². The first-order valence-corrected chi connectivity index (χ1v) is 7.91. The highest BCUT2D eigenvalue weighted by molar-refractivity contribution is 7.12. The van der Waals surface area contributed by atoms with Crippen molar-refractivity contribution in [2.24, 2.45) is 0 Å². The van der Waals surface area contributed by atoms with Crippen LogP contribution in [0.4, 0.5) is 4.39 Å². The molecule has 3 heteroatoms. The SMILES string of the molecule is CCCNC(c1cc(C)c(C)s1)c1ccc(F)cc1C. The van der Waals surface area contributed by atoms with Gasteiger partial charge in [-0.1, -0.05) is 13.0 Å². The number of hydrogen-bond donors (Lipinski definition) is 1. The quantitative estimate of drug-likeness (QED) is 0.826. The van der Waals surface area contributed by atoms with Crippen LogP contribution in [0.1, 0.15) is 45.8 Å². The second-order valence-electron chi connectivity index (χ2n) is 5.28. The number of rotatable bonds is 5. The summed E-state index contributed by atoms with van der Waals surface area (Å²) >= 11 is 1.82. The molecular weight excluding hydrogens is 269 g/mol. The van der Waals surface area contributed by atoms with Gasteiger partial charge in [0.15, 0.2) is 0 Å². The Bertz CT molecular complexity index is 569. The molecule has 2 aromatic rings. The third-order valence-electron chi connectivity index (χ3n) is 3.61. The standard InChI is InChI=1S/C17H22FNS/c1-5-8-19-17(16-10-11(2)13(4)20-16)15-7-6-14(18)9-12(15)3/h6-7,9-10,17,19H,5,8H2,1-4H3. The van der Waals surface area contributed by atoms with Crippen LogP contribution < -0.4 is 5.32 Å². The molecule has 108 valence electrons. The molecule has 0 aliphatic heterocycles. The van der Waals surface area contributed by atoms with E-state index in [1.807, 2.05) is 24.3 Å². The number of benzene rings is 1. The van der Waals surface area contributed by atoms with Gasteiger partial charge in [0, 0.05) is 9.75 Å². The Hall–Kier alpha value is -1.19. The van der Waals surface area contributed by atoms with Crippen molar-refractivity contribution in [1.29, 1.82) is 0 Å². The van der Waals surface area contributed by atoms with Crippen LogP contribution in [0.25, 0.3) is 0 Å². The fourth-order valence-electron chi connectivity index (χ4n) is 2.36. The van der Waals surface area contributed by atoms with Crippen molar-refractivity contribution in [3.63, 3.8) is 0 Å². The minimum absolute atomic E-state index is 0.160. The Morgan fingerprint density at radius 3 is 2.45 bits per heavy atom. The topological polar surface area (TPSA) is 12.0 Å². The summed E-state index contributed by atoms with van der Waals surface area (Å²) in [6.45, 7) is 9.39. The molecule has 1 unspecified atom stereocenters. The van der Waals surface area contributed by atoms with Gasteiger partial charge in [-0.25, -0.2) is 4.39 Å². The molecule has 1 aromatic carbocycles. The molecule has 1 N–H and O–H groups in total. The van der Waals surface area contributed by atoms with E-state index in [-0.39, 0.29) is 11.9 Å². The third-order valence-corrected chi connectivity index (χ3v) is 4.83. The van der Waals surface area contributed by atoms with E-state index in [9.17, 15) is 4.39 Å². The molecule has 20 heavy (non-hydrogen) atoms. The van der Waals surface area contributed by atoms with Gasteiger partial charge < -0.3 is 5.32 Å². The largest absolute Gasteiger partial charge is 0.306 e. The van der Waals surface area contributed by atoms with Gasteiger partial charge in [-0.2, -0.15) is 0 Å². The van der Waals surface area contributed by atoms with E-state index in [0.29, 0.717) is 0 Å². The van der Waals surface area contributed by atoms with E-state index >= 15 is 0 Å². The zero-order valence-corrected chi connectivity index (χ0v) is 13.4. The summed E-state index contributed by atoms with van der Waals surface area (Å²) in [4.78, 5) is 2.66. The summed E-state index contributed by atoms with van der Waals surface area (Å²) < 4.78 is 13.3. The van der Waals surface area contributed by atoms with E-state index in [0.717, 1.165) is 18.5 Å². The molecule has 0 fully saturated rings. The Kier molecular flexibility index (Phi) is 4.95. The molecule has 0 saturated carbocycles. The van der Waals surface area contributed by atoms with Gasteiger partial charge >= 0.3 is 0 Å². The monoisotopic (exact) mass is 291 g/mol. The van der Waals surface area contributed by atoms with Gasteiger partial charge in [-0.15, -0.1) is 11.3 Å². The van der Waals surface area contributed by atoms with Crippen LogP contribution in [-0.4, -0.2) is 6.54 Å². The molecule has 0 spiro atoms. The second-order valence-corrected chi connectivity index (χ2v) is 6.56. The van der Waals surface area contributed by atoms with Crippen LogP contribution in [0, 0.1) is 26.6 Å². The molecule has 0 aliphatic carbocycles. The minimum Gasteiger partial charge on any atom is -0.306 e. The number of hydrogen-bond acceptors (Lipinski definition) is 2. The predicted molar refractivity (Wildman–Crippen MR) is 85.1 cm³/mol. The molecule has 1 heterocycles. The number of nitrogens with one attached hydrogen (secondary N) is 1. The molecule has 2 rings (SSSR count). The minimum atomic E-state index is -0.168. The highest BCUT2D eigenvalue weighted by Crippen LogP contribution is 2.32. The Balaban J connectivity index is 2.41. The maximum Gasteiger partial charge on any atom is 0.123 e. The summed E-state index contributed by atoms with van der Waals surface area (Å²) in [5, 5.41) is 3.59. The maximum absolute atomic E-state index is 13.3. The van der Waals surface area contributed by atoms with Crippen LogP contribution >= 0.6 is 11.3 Å². The summed E-state index contributed by atoms with van der Waals surface area (Å²) in [5.41, 5.74) is 3.50. The van der Waals surface area contributed by atoms with Crippen molar-refractivity contribution in [2.75, 3.05) is 6.54 Å². The first-order valence-electron chi connectivity index (χ1n) is 7.09. The first-order chi connectivity index (χ1) is 9.52. The van der Waals surface area contributed by atoms with E-state index in [1.54, 1.807) is 12.1 Å².